The zero-order valence-corrected chi connectivity index (χ0v) is 16.3. The van der Waals surface area contributed by atoms with Gasteiger partial charge in [0, 0.05) is 0 Å². The summed E-state index contributed by atoms with van der Waals surface area (Å²) in [6, 6.07) is 0. The third kappa shape index (κ3) is 20.4. The van der Waals surface area contributed by atoms with Crippen LogP contribution in [0.3, 0.4) is 0 Å². The number of esters is 1. The molecule has 0 spiro atoms. The van der Waals surface area contributed by atoms with Crippen LogP contribution < -0.4 is 29.6 Å². The van der Waals surface area contributed by atoms with Crippen molar-refractivity contribution in [2.75, 3.05) is 12.4 Å². The van der Waals surface area contributed by atoms with Gasteiger partial charge in [-0.05, 0) is 6.42 Å². The van der Waals surface area contributed by atoms with E-state index < -0.39 is 21.8 Å². The Bertz CT molecular complexity index is 343. The molecule has 0 aromatic carbocycles. The van der Waals surface area contributed by atoms with Crippen molar-refractivity contribution in [2.24, 2.45) is 0 Å². The molecule has 0 bridgehead atoms. The van der Waals surface area contributed by atoms with Crippen molar-refractivity contribution in [1.82, 2.24) is 0 Å². The molecule has 0 saturated heterocycles. The van der Waals surface area contributed by atoms with Crippen LogP contribution in [-0.4, -0.2) is 31.3 Å². The van der Waals surface area contributed by atoms with Crippen LogP contribution in [0.15, 0.2) is 0 Å². The summed E-state index contributed by atoms with van der Waals surface area (Å²) in [6.07, 6.45) is 11.8. The van der Waals surface area contributed by atoms with E-state index in [9.17, 15) is 13.2 Å². The van der Waals surface area contributed by atoms with Gasteiger partial charge in [-0.3, -0.25) is 9.35 Å². The van der Waals surface area contributed by atoms with E-state index in [-0.39, 0.29) is 36.2 Å². The fraction of sp³-hybridized carbons (Fsp3) is 0.929. The number of hydrogen-bond donors (Lipinski definition) is 1. The molecule has 0 aromatic rings. The second-order valence-electron chi connectivity index (χ2n) is 5.13. The summed E-state index contributed by atoms with van der Waals surface area (Å²) in [5.41, 5.74) is 0. The molecule has 0 radical (unpaired) electrons. The van der Waals surface area contributed by atoms with Gasteiger partial charge in [-0.1, -0.05) is 64.7 Å². The van der Waals surface area contributed by atoms with Gasteiger partial charge in [0.2, 0.25) is 0 Å². The molecule has 0 aliphatic carbocycles. The number of hydrogen-bond acceptors (Lipinski definition) is 4. The Labute approximate surface area is 151 Å². The molecule has 0 unspecified atom stereocenters. The molecule has 0 heterocycles. The van der Waals surface area contributed by atoms with Gasteiger partial charge in [-0.25, -0.2) is 0 Å². The van der Waals surface area contributed by atoms with Gasteiger partial charge < -0.3 is 4.74 Å². The minimum atomic E-state index is -4.26. The maximum atomic E-state index is 11.0. The minimum Gasteiger partial charge on any atom is -0.465 e. The molecular formula is C14H28NaO5S+. The van der Waals surface area contributed by atoms with Crippen molar-refractivity contribution in [1.29, 1.82) is 0 Å². The molecule has 0 aliphatic rings. The molecule has 0 amide bonds. The molecule has 1 N–H and O–H groups in total. The molecule has 0 aromatic heterocycles. The summed E-state index contributed by atoms with van der Waals surface area (Å²) in [6.45, 7) is 2.44. The second kappa shape index (κ2) is 15.3. The Morgan fingerprint density at radius 1 is 0.905 bits per heavy atom. The van der Waals surface area contributed by atoms with Crippen LogP contribution in [0.25, 0.3) is 0 Å². The summed E-state index contributed by atoms with van der Waals surface area (Å²) in [5.74, 6) is -1.84. The summed E-state index contributed by atoms with van der Waals surface area (Å²) in [7, 11) is -4.26. The van der Waals surface area contributed by atoms with Crippen LogP contribution in [0, 0.1) is 0 Å². The first kappa shape index (κ1) is 23.6. The average Bonchev–Trinajstić information content (AvgIpc) is 2.34. The quantitative estimate of drug-likeness (QED) is 0.228. The second-order valence-corrected chi connectivity index (χ2v) is 6.58. The maximum Gasteiger partial charge on any atom is 1.00 e. The van der Waals surface area contributed by atoms with E-state index in [1.165, 1.54) is 44.9 Å². The van der Waals surface area contributed by atoms with Gasteiger partial charge in [0.25, 0.3) is 10.1 Å². The van der Waals surface area contributed by atoms with Crippen molar-refractivity contribution in [3.63, 3.8) is 0 Å². The number of carbonyl (C=O) groups is 1. The van der Waals surface area contributed by atoms with E-state index in [1.54, 1.807) is 0 Å². The fourth-order valence-electron chi connectivity index (χ4n) is 1.97. The third-order valence-corrected chi connectivity index (χ3v) is 3.66. The van der Waals surface area contributed by atoms with Crippen molar-refractivity contribution in [3.8, 4) is 0 Å². The fourth-order valence-corrected chi connectivity index (χ4v) is 2.35. The molecule has 21 heavy (non-hydrogen) atoms. The Hall–Kier alpha value is 0.380. The molecular weight excluding hydrogens is 303 g/mol. The molecule has 0 rings (SSSR count). The first-order valence-electron chi connectivity index (χ1n) is 7.56. The molecule has 0 atom stereocenters. The van der Waals surface area contributed by atoms with Crippen molar-refractivity contribution in [2.45, 2.75) is 71.1 Å². The Morgan fingerprint density at radius 3 is 1.76 bits per heavy atom. The van der Waals surface area contributed by atoms with Crippen molar-refractivity contribution < 1.29 is 52.1 Å². The summed E-state index contributed by atoms with van der Waals surface area (Å²) < 4.78 is 33.9. The maximum absolute atomic E-state index is 11.0. The van der Waals surface area contributed by atoms with E-state index in [0.717, 1.165) is 19.3 Å². The van der Waals surface area contributed by atoms with E-state index >= 15 is 0 Å². The van der Waals surface area contributed by atoms with Crippen LogP contribution in [-0.2, 0) is 19.6 Å². The van der Waals surface area contributed by atoms with Crippen LogP contribution in [0.1, 0.15) is 71.1 Å². The normalized spacial score (nSPS) is 11.0. The van der Waals surface area contributed by atoms with Crippen LogP contribution in [0.5, 0.6) is 0 Å². The topological polar surface area (TPSA) is 80.7 Å². The SMILES string of the molecule is CCCCCCCCCCCCOC(=O)CS(=O)(=O)O.[Na+]. The summed E-state index contributed by atoms with van der Waals surface area (Å²) in [4.78, 5) is 11.0. The third-order valence-electron chi connectivity index (χ3n) is 3.06. The zero-order chi connectivity index (χ0) is 15.3. The van der Waals surface area contributed by atoms with Crippen molar-refractivity contribution in [3.05, 3.63) is 0 Å². The van der Waals surface area contributed by atoms with Crippen LogP contribution >= 0.6 is 0 Å². The summed E-state index contributed by atoms with van der Waals surface area (Å²) >= 11 is 0. The first-order valence-corrected chi connectivity index (χ1v) is 9.17. The standard InChI is InChI=1S/C14H28O5S.Na/c1-2-3-4-5-6-7-8-9-10-11-12-19-14(15)13-20(16,17)18;/h2-13H2,1H3,(H,16,17,18);/q;+1. The number of unbranched alkanes of at least 4 members (excludes halogenated alkanes) is 9. The predicted octanol–water partition coefficient (Wildman–Crippen LogP) is 0.342. The Kier molecular flexibility index (Phi) is 17.2. The largest absolute Gasteiger partial charge is 1.00 e. The monoisotopic (exact) mass is 331 g/mol. The Balaban J connectivity index is 0. The van der Waals surface area contributed by atoms with Crippen molar-refractivity contribution >= 4 is 16.1 Å². The smallest absolute Gasteiger partial charge is 0.465 e. The number of rotatable bonds is 13. The van der Waals surface area contributed by atoms with Gasteiger partial charge in [-0.15, -0.1) is 0 Å². The molecule has 0 saturated carbocycles. The molecule has 120 valence electrons. The molecule has 7 heteroatoms. The number of carbonyl (C=O) groups excluding carboxylic acids is 1. The summed E-state index contributed by atoms with van der Waals surface area (Å²) in [5, 5.41) is 0. The van der Waals surface area contributed by atoms with Gasteiger partial charge in [-0.2, -0.15) is 8.42 Å². The number of ether oxygens (including phenoxy) is 1. The van der Waals surface area contributed by atoms with E-state index in [4.69, 9.17) is 9.29 Å². The first-order chi connectivity index (χ1) is 9.45. The van der Waals surface area contributed by atoms with Gasteiger partial charge in [0.05, 0.1) is 6.61 Å². The molecule has 0 fully saturated rings. The van der Waals surface area contributed by atoms with E-state index in [2.05, 4.69) is 6.92 Å². The molecule has 0 aliphatic heterocycles. The average molecular weight is 331 g/mol. The van der Waals surface area contributed by atoms with Crippen LogP contribution in [0.4, 0.5) is 0 Å². The van der Waals surface area contributed by atoms with Gasteiger partial charge in [0.1, 0.15) is 0 Å². The molecule has 5 nitrogen and oxygen atoms in total. The Morgan fingerprint density at radius 2 is 1.33 bits per heavy atom. The van der Waals surface area contributed by atoms with Crippen LogP contribution in [0.2, 0.25) is 0 Å². The van der Waals surface area contributed by atoms with Gasteiger partial charge in [0.15, 0.2) is 5.75 Å². The van der Waals surface area contributed by atoms with E-state index in [0.29, 0.717) is 0 Å². The van der Waals surface area contributed by atoms with Gasteiger partial charge >= 0.3 is 35.5 Å². The zero-order valence-electron chi connectivity index (χ0n) is 13.5. The minimum absolute atomic E-state index is 0. The van der Waals surface area contributed by atoms with E-state index in [1.807, 2.05) is 0 Å². The predicted molar refractivity (Wildman–Crippen MR) is 79.2 cm³/mol.